The first-order valence-corrected chi connectivity index (χ1v) is 6.25. The fourth-order valence-corrected chi connectivity index (χ4v) is 1.84. The predicted octanol–water partition coefficient (Wildman–Crippen LogP) is 1.00. The fraction of sp³-hybridized carbons (Fsp3) is 0.500. The molecule has 100 valence electrons. The summed E-state index contributed by atoms with van der Waals surface area (Å²) in [6.07, 6.45) is -0.362. The minimum absolute atomic E-state index is 0.0375. The Labute approximate surface area is 108 Å². The van der Waals surface area contributed by atoms with E-state index in [2.05, 4.69) is 10.6 Å². The van der Waals surface area contributed by atoms with Crippen molar-refractivity contribution >= 4 is 5.91 Å². The van der Waals surface area contributed by atoms with Gasteiger partial charge in [0.15, 0.2) is 0 Å². The van der Waals surface area contributed by atoms with Crippen molar-refractivity contribution in [1.82, 2.24) is 10.6 Å². The highest BCUT2D eigenvalue weighted by molar-refractivity contribution is 5.97. The minimum Gasteiger partial charge on any atom is -0.392 e. The summed E-state index contributed by atoms with van der Waals surface area (Å²) in [7, 11) is 0. The Kier molecular flexibility index (Phi) is 5.82. The monoisotopic (exact) mass is 250 g/mol. The molecule has 1 amide bonds. The average molecular weight is 250 g/mol. The second kappa shape index (κ2) is 7.13. The van der Waals surface area contributed by atoms with Gasteiger partial charge in [-0.25, -0.2) is 0 Å². The molecule has 0 radical (unpaired) electrons. The lowest BCUT2D eigenvalue weighted by atomic mass is 10.0. The number of carbonyl (C=O) groups is 1. The van der Waals surface area contributed by atoms with Gasteiger partial charge in [0.1, 0.15) is 0 Å². The van der Waals surface area contributed by atoms with Gasteiger partial charge < -0.3 is 15.7 Å². The van der Waals surface area contributed by atoms with Crippen molar-refractivity contribution in [1.29, 1.82) is 0 Å². The van der Waals surface area contributed by atoms with Crippen molar-refractivity contribution in [3.63, 3.8) is 0 Å². The van der Waals surface area contributed by atoms with Gasteiger partial charge in [-0.1, -0.05) is 18.2 Å². The summed E-state index contributed by atoms with van der Waals surface area (Å²) in [5.74, 6) is -0.0375. The molecule has 0 saturated carbocycles. The zero-order chi connectivity index (χ0) is 13.5. The molecule has 0 fully saturated rings. The molecule has 3 N–H and O–H groups in total. The normalized spacial score (nSPS) is 12.2. The minimum atomic E-state index is -0.362. The van der Waals surface area contributed by atoms with Gasteiger partial charge in [0, 0.05) is 25.2 Å². The Morgan fingerprint density at radius 1 is 1.28 bits per heavy atom. The van der Waals surface area contributed by atoms with Gasteiger partial charge in [-0.05, 0) is 31.9 Å². The Morgan fingerprint density at radius 3 is 2.44 bits per heavy atom. The van der Waals surface area contributed by atoms with Crippen LogP contribution < -0.4 is 10.6 Å². The lowest BCUT2D eigenvalue weighted by molar-refractivity contribution is 0.0952. The Balaban J connectivity index is 2.41. The zero-order valence-electron chi connectivity index (χ0n) is 11.3. The standard InChI is InChI=1S/C14H22N2O2/c1-10-5-4-6-11(2)13(10)14(18)16-8-7-15-9-12(3)17/h4-6,12,15,17H,7-9H2,1-3H3,(H,16,18). The van der Waals surface area contributed by atoms with Crippen molar-refractivity contribution in [2.75, 3.05) is 19.6 Å². The first-order valence-electron chi connectivity index (χ1n) is 6.25. The zero-order valence-corrected chi connectivity index (χ0v) is 11.3. The van der Waals surface area contributed by atoms with Gasteiger partial charge in [0.05, 0.1) is 6.10 Å². The molecule has 1 rings (SSSR count). The van der Waals surface area contributed by atoms with Crippen LogP contribution in [0.5, 0.6) is 0 Å². The highest BCUT2D eigenvalue weighted by Gasteiger charge is 2.10. The van der Waals surface area contributed by atoms with Crippen LogP contribution in [0.3, 0.4) is 0 Å². The highest BCUT2D eigenvalue weighted by Crippen LogP contribution is 2.12. The molecule has 0 aliphatic carbocycles. The van der Waals surface area contributed by atoms with Crippen LogP contribution in [0.25, 0.3) is 0 Å². The average Bonchev–Trinajstić information content (AvgIpc) is 2.27. The van der Waals surface area contributed by atoms with Crippen LogP contribution in [0.1, 0.15) is 28.4 Å². The molecule has 4 nitrogen and oxygen atoms in total. The van der Waals surface area contributed by atoms with Crippen molar-refractivity contribution in [2.24, 2.45) is 0 Å². The third kappa shape index (κ3) is 4.47. The summed E-state index contributed by atoms with van der Waals surface area (Å²) in [4.78, 5) is 12.0. The molecule has 4 heteroatoms. The molecule has 0 heterocycles. The van der Waals surface area contributed by atoms with Crippen LogP contribution in [0.2, 0.25) is 0 Å². The molecule has 0 aliphatic heterocycles. The maximum Gasteiger partial charge on any atom is 0.251 e. The van der Waals surface area contributed by atoms with E-state index >= 15 is 0 Å². The van der Waals surface area contributed by atoms with Crippen LogP contribution in [0.4, 0.5) is 0 Å². The molecule has 1 unspecified atom stereocenters. The molecule has 1 atom stereocenters. The van der Waals surface area contributed by atoms with Crippen LogP contribution in [0.15, 0.2) is 18.2 Å². The molecular weight excluding hydrogens is 228 g/mol. The van der Waals surface area contributed by atoms with E-state index in [1.54, 1.807) is 6.92 Å². The topological polar surface area (TPSA) is 61.4 Å². The largest absolute Gasteiger partial charge is 0.392 e. The van der Waals surface area contributed by atoms with E-state index in [-0.39, 0.29) is 12.0 Å². The van der Waals surface area contributed by atoms with E-state index in [1.807, 2.05) is 32.0 Å². The van der Waals surface area contributed by atoms with Gasteiger partial charge >= 0.3 is 0 Å². The van der Waals surface area contributed by atoms with Crippen molar-refractivity contribution in [2.45, 2.75) is 26.9 Å². The molecule has 0 bridgehead atoms. The number of rotatable bonds is 6. The van der Waals surface area contributed by atoms with Gasteiger partial charge in [-0.3, -0.25) is 4.79 Å². The molecular formula is C14H22N2O2. The number of aryl methyl sites for hydroxylation is 2. The number of carbonyl (C=O) groups excluding carboxylic acids is 1. The lowest BCUT2D eigenvalue weighted by Gasteiger charge is -2.11. The quantitative estimate of drug-likeness (QED) is 0.660. The Hall–Kier alpha value is -1.39. The summed E-state index contributed by atoms with van der Waals surface area (Å²) in [5.41, 5.74) is 2.74. The molecule has 0 aliphatic rings. The SMILES string of the molecule is Cc1cccc(C)c1C(=O)NCCNCC(C)O. The van der Waals surface area contributed by atoms with E-state index in [4.69, 9.17) is 5.11 Å². The van der Waals surface area contributed by atoms with Crippen LogP contribution in [0, 0.1) is 13.8 Å². The van der Waals surface area contributed by atoms with Crippen LogP contribution in [-0.4, -0.2) is 36.8 Å². The number of nitrogens with one attached hydrogen (secondary N) is 2. The van der Waals surface area contributed by atoms with E-state index in [9.17, 15) is 4.79 Å². The number of aliphatic hydroxyl groups is 1. The number of amides is 1. The van der Waals surface area contributed by atoms with Gasteiger partial charge in [-0.15, -0.1) is 0 Å². The predicted molar refractivity (Wildman–Crippen MR) is 72.8 cm³/mol. The van der Waals surface area contributed by atoms with E-state index in [0.29, 0.717) is 19.6 Å². The number of benzene rings is 1. The third-order valence-corrected chi connectivity index (χ3v) is 2.74. The molecule has 1 aromatic carbocycles. The van der Waals surface area contributed by atoms with Gasteiger partial charge in [0.2, 0.25) is 0 Å². The van der Waals surface area contributed by atoms with Crippen molar-refractivity contribution in [3.05, 3.63) is 34.9 Å². The van der Waals surface area contributed by atoms with E-state index in [0.717, 1.165) is 16.7 Å². The summed E-state index contributed by atoms with van der Waals surface area (Å²) in [6, 6.07) is 5.83. The lowest BCUT2D eigenvalue weighted by Crippen LogP contribution is -2.35. The van der Waals surface area contributed by atoms with Crippen molar-refractivity contribution < 1.29 is 9.90 Å². The summed E-state index contributed by atoms with van der Waals surface area (Å²) in [5, 5.41) is 15.0. The van der Waals surface area contributed by atoms with Gasteiger partial charge in [0.25, 0.3) is 5.91 Å². The smallest absolute Gasteiger partial charge is 0.251 e. The molecule has 18 heavy (non-hydrogen) atoms. The summed E-state index contributed by atoms with van der Waals surface area (Å²) < 4.78 is 0. The molecule has 1 aromatic rings. The first-order chi connectivity index (χ1) is 8.52. The summed E-state index contributed by atoms with van der Waals surface area (Å²) >= 11 is 0. The van der Waals surface area contributed by atoms with E-state index < -0.39 is 0 Å². The molecule has 0 spiro atoms. The number of aliphatic hydroxyl groups excluding tert-OH is 1. The fourth-order valence-electron chi connectivity index (χ4n) is 1.84. The van der Waals surface area contributed by atoms with Crippen molar-refractivity contribution in [3.8, 4) is 0 Å². The Morgan fingerprint density at radius 2 is 1.89 bits per heavy atom. The second-order valence-corrected chi connectivity index (χ2v) is 4.58. The van der Waals surface area contributed by atoms with Gasteiger partial charge in [-0.2, -0.15) is 0 Å². The molecule has 0 aromatic heterocycles. The van der Waals surface area contributed by atoms with E-state index in [1.165, 1.54) is 0 Å². The first kappa shape index (κ1) is 14.7. The molecule has 0 saturated heterocycles. The maximum atomic E-state index is 12.0. The second-order valence-electron chi connectivity index (χ2n) is 4.58. The number of hydrogen-bond donors (Lipinski definition) is 3. The van der Waals surface area contributed by atoms with Crippen LogP contribution >= 0.6 is 0 Å². The summed E-state index contributed by atoms with van der Waals surface area (Å²) in [6.45, 7) is 7.35. The van der Waals surface area contributed by atoms with Crippen LogP contribution in [-0.2, 0) is 0 Å². The third-order valence-electron chi connectivity index (χ3n) is 2.74. The highest BCUT2D eigenvalue weighted by atomic mass is 16.3. The Bertz CT molecular complexity index is 383. The maximum absolute atomic E-state index is 12.0. The number of hydrogen-bond acceptors (Lipinski definition) is 3.